The van der Waals surface area contributed by atoms with Gasteiger partial charge in [-0.3, -0.25) is 9.69 Å². The Morgan fingerprint density at radius 3 is 2.42 bits per heavy atom. The van der Waals surface area contributed by atoms with Crippen LogP contribution >= 0.6 is 0 Å². The molecule has 2 aromatic rings. The van der Waals surface area contributed by atoms with Crippen molar-refractivity contribution < 1.29 is 23.9 Å². The van der Waals surface area contributed by atoms with Gasteiger partial charge in [0.05, 0.1) is 0 Å². The van der Waals surface area contributed by atoms with Gasteiger partial charge in [-0.15, -0.1) is 0 Å². The van der Waals surface area contributed by atoms with Crippen molar-refractivity contribution in [2.75, 3.05) is 18.0 Å². The molecule has 0 bridgehead atoms. The standard InChI is InChI=1S/C23H25N3O5/c1-16-8-6-11-19(14-16)25(22(24)30)15-20(28)31-21(29)23(18-9-4-3-5-10-18)12-7-13-26(23)17(2)27/h3-6,8-11,14H,7,12-13,15H2,1-2H3,(H2,24,30). The molecule has 1 aliphatic rings. The first kappa shape index (κ1) is 22.0. The summed E-state index contributed by atoms with van der Waals surface area (Å²) < 4.78 is 5.18. The molecule has 1 unspecified atom stereocenters. The van der Waals surface area contributed by atoms with E-state index >= 15 is 0 Å². The van der Waals surface area contributed by atoms with Crippen LogP contribution in [0.4, 0.5) is 10.5 Å². The zero-order chi connectivity index (χ0) is 22.6. The number of aryl methyl sites for hydroxylation is 1. The van der Waals surface area contributed by atoms with E-state index in [9.17, 15) is 19.2 Å². The maximum absolute atomic E-state index is 13.3. The second kappa shape index (κ2) is 8.99. The predicted molar refractivity (Wildman–Crippen MR) is 114 cm³/mol. The molecule has 3 rings (SSSR count). The van der Waals surface area contributed by atoms with Gasteiger partial charge < -0.3 is 15.4 Å². The van der Waals surface area contributed by atoms with Crippen LogP contribution in [-0.4, -0.2) is 41.9 Å². The number of nitrogens with two attached hydrogens (primary N) is 1. The fourth-order valence-corrected chi connectivity index (χ4v) is 4.03. The summed E-state index contributed by atoms with van der Waals surface area (Å²) in [6.45, 7) is 3.06. The van der Waals surface area contributed by atoms with E-state index in [1.165, 1.54) is 11.8 Å². The van der Waals surface area contributed by atoms with E-state index in [-0.39, 0.29) is 5.91 Å². The first-order valence-electron chi connectivity index (χ1n) is 9.98. The summed E-state index contributed by atoms with van der Waals surface area (Å²) in [5.41, 5.74) is 5.92. The van der Waals surface area contributed by atoms with Crippen LogP contribution < -0.4 is 10.6 Å². The Kier molecular flexibility index (Phi) is 6.39. The van der Waals surface area contributed by atoms with Crippen LogP contribution in [0.15, 0.2) is 54.6 Å². The molecule has 162 valence electrons. The molecule has 3 amide bonds. The fraction of sp³-hybridized carbons (Fsp3) is 0.304. The van der Waals surface area contributed by atoms with Crippen LogP contribution in [0.25, 0.3) is 0 Å². The van der Waals surface area contributed by atoms with Crippen molar-refractivity contribution >= 4 is 29.6 Å². The average Bonchev–Trinajstić information content (AvgIpc) is 3.19. The minimum absolute atomic E-state index is 0.288. The molecule has 8 heteroatoms. The van der Waals surface area contributed by atoms with Gasteiger partial charge >= 0.3 is 18.0 Å². The molecule has 1 fully saturated rings. The number of benzene rings is 2. The molecule has 0 saturated carbocycles. The number of anilines is 1. The lowest BCUT2D eigenvalue weighted by molar-refractivity contribution is -0.170. The number of carbonyl (C=O) groups excluding carboxylic acids is 4. The third kappa shape index (κ3) is 4.42. The Labute approximate surface area is 180 Å². The van der Waals surface area contributed by atoms with Gasteiger partial charge in [0.2, 0.25) is 5.91 Å². The summed E-state index contributed by atoms with van der Waals surface area (Å²) in [5, 5.41) is 0. The van der Waals surface area contributed by atoms with E-state index in [1.807, 2.05) is 13.0 Å². The second-order valence-electron chi connectivity index (χ2n) is 7.53. The zero-order valence-electron chi connectivity index (χ0n) is 17.5. The number of urea groups is 1. The second-order valence-corrected chi connectivity index (χ2v) is 7.53. The smallest absolute Gasteiger partial charge is 0.344 e. The molecule has 2 N–H and O–H groups in total. The van der Waals surface area contributed by atoms with Crippen molar-refractivity contribution in [3.63, 3.8) is 0 Å². The minimum atomic E-state index is -1.39. The van der Waals surface area contributed by atoms with Crippen molar-refractivity contribution in [1.29, 1.82) is 0 Å². The molecule has 1 aliphatic heterocycles. The lowest BCUT2D eigenvalue weighted by atomic mass is 9.87. The lowest BCUT2D eigenvalue weighted by Gasteiger charge is -2.36. The summed E-state index contributed by atoms with van der Waals surface area (Å²) >= 11 is 0. The predicted octanol–water partition coefficient (Wildman–Crippen LogP) is 2.49. The topological polar surface area (TPSA) is 110 Å². The molecule has 2 aromatic carbocycles. The molecule has 0 aromatic heterocycles. The fourth-order valence-electron chi connectivity index (χ4n) is 4.03. The summed E-state index contributed by atoms with van der Waals surface area (Å²) in [4.78, 5) is 52.6. The van der Waals surface area contributed by atoms with Crippen molar-refractivity contribution in [2.24, 2.45) is 5.73 Å². The van der Waals surface area contributed by atoms with Gasteiger partial charge in [0, 0.05) is 19.2 Å². The molecular weight excluding hydrogens is 398 g/mol. The van der Waals surface area contributed by atoms with E-state index in [2.05, 4.69) is 0 Å². The number of hydrogen-bond acceptors (Lipinski definition) is 5. The van der Waals surface area contributed by atoms with Crippen LogP contribution in [0.1, 0.15) is 30.9 Å². The molecule has 0 radical (unpaired) electrons. The number of rotatable bonds is 5. The van der Waals surface area contributed by atoms with Gasteiger partial charge in [-0.1, -0.05) is 42.5 Å². The van der Waals surface area contributed by atoms with Gasteiger partial charge in [0.1, 0.15) is 6.54 Å². The number of likely N-dealkylation sites (tertiary alicyclic amines) is 1. The maximum Gasteiger partial charge on any atom is 0.344 e. The Morgan fingerprint density at radius 1 is 1.10 bits per heavy atom. The highest BCUT2D eigenvalue weighted by atomic mass is 16.6. The van der Waals surface area contributed by atoms with Crippen LogP contribution in [0, 0.1) is 6.92 Å². The highest BCUT2D eigenvalue weighted by molar-refractivity contribution is 6.00. The van der Waals surface area contributed by atoms with Gasteiger partial charge in [-0.25, -0.2) is 14.4 Å². The van der Waals surface area contributed by atoms with Gasteiger partial charge in [-0.05, 0) is 43.0 Å². The monoisotopic (exact) mass is 423 g/mol. The van der Waals surface area contributed by atoms with Crippen LogP contribution in [0.3, 0.4) is 0 Å². The molecule has 1 heterocycles. The Balaban J connectivity index is 1.86. The highest BCUT2D eigenvalue weighted by Crippen LogP contribution is 2.40. The van der Waals surface area contributed by atoms with Crippen LogP contribution in [0.2, 0.25) is 0 Å². The minimum Gasteiger partial charge on any atom is -0.390 e. The molecule has 1 atom stereocenters. The third-order valence-electron chi connectivity index (χ3n) is 5.42. The number of nitrogens with zero attached hydrogens (tertiary/aromatic N) is 2. The van der Waals surface area contributed by atoms with Crippen molar-refractivity contribution in [3.05, 3.63) is 65.7 Å². The van der Waals surface area contributed by atoms with E-state index in [1.54, 1.807) is 48.5 Å². The number of carbonyl (C=O) groups is 4. The maximum atomic E-state index is 13.3. The number of primary amides is 1. The SMILES string of the molecule is CC(=O)N1CCCC1(C(=O)OC(=O)CN(C(N)=O)c1cccc(C)c1)c1ccccc1. The first-order valence-corrected chi connectivity index (χ1v) is 9.98. The average molecular weight is 423 g/mol. The van der Waals surface area contributed by atoms with E-state index in [0.29, 0.717) is 30.6 Å². The van der Waals surface area contributed by atoms with Crippen molar-refractivity contribution in [3.8, 4) is 0 Å². The summed E-state index contributed by atoms with van der Waals surface area (Å²) in [6.07, 6.45) is 0.925. The van der Waals surface area contributed by atoms with Gasteiger partial charge in [0.25, 0.3) is 0 Å². The Hall–Kier alpha value is -3.68. The summed E-state index contributed by atoms with van der Waals surface area (Å²) in [5.74, 6) is -2.06. The van der Waals surface area contributed by atoms with Crippen molar-refractivity contribution in [2.45, 2.75) is 32.2 Å². The normalized spacial score (nSPS) is 17.8. The Morgan fingerprint density at radius 2 is 1.81 bits per heavy atom. The van der Waals surface area contributed by atoms with Crippen LogP contribution in [0.5, 0.6) is 0 Å². The Bertz CT molecular complexity index is 1010. The zero-order valence-corrected chi connectivity index (χ0v) is 17.5. The number of hydrogen-bond donors (Lipinski definition) is 1. The molecule has 0 aliphatic carbocycles. The van der Waals surface area contributed by atoms with Gasteiger partial charge in [-0.2, -0.15) is 0 Å². The number of amides is 3. The van der Waals surface area contributed by atoms with Crippen LogP contribution in [-0.2, 0) is 24.7 Å². The lowest BCUT2D eigenvalue weighted by Crippen LogP contribution is -2.52. The molecule has 8 nitrogen and oxygen atoms in total. The van der Waals surface area contributed by atoms with E-state index in [4.69, 9.17) is 10.5 Å². The molecular formula is C23H25N3O5. The largest absolute Gasteiger partial charge is 0.390 e. The third-order valence-corrected chi connectivity index (χ3v) is 5.42. The highest BCUT2D eigenvalue weighted by Gasteiger charge is 2.52. The van der Waals surface area contributed by atoms with E-state index < -0.39 is 30.1 Å². The first-order chi connectivity index (χ1) is 14.8. The van der Waals surface area contributed by atoms with Gasteiger partial charge in [0.15, 0.2) is 5.54 Å². The quantitative estimate of drug-likeness (QED) is 0.587. The molecule has 1 saturated heterocycles. The van der Waals surface area contributed by atoms with E-state index in [0.717, 1.165) is 10.5 Å². The number of ether oxygens (including phenoxy) is 1. The summed E-state index contributed by atoms with van der Waals surface area (Å²) in [6, 6.07) is 14.8. The molecule has 31 heavy (non-hydrogen) atoms. The van der Waals surface area contributed by atoms with Crippen molar-refractivity contribution in [1.82, 2.24) is 4.90 Å². The molecule has 0 spiro atoms. The number of esters is 2. The summed E-state index contributed by atoms with van der Waals surface area (Å²) in [7, 11) is 0.